The molecule has 2 amide bonds. The fraction of sp³-hybridized carbons (Fsp3) is 0.750. The zero-order valence-electron chi connectivity index (χ0n) is 15.7. The first kappa shape index (κ1) is 19.3. The van der Waals surface area contributed by atoms with E-state index in [1.54, 1.807) is 24.5 Å². The van der Waals surface area contributed by atoms with Crippen LogP contribution in [0, 0.1) is 17.8 Å². The first-order chi connectivity index (χ1) is 12.6. The van der Waals surface area contributed by atoms with E-state index in [1.807, 2.05) is 5.38 Å². The van der Waals surface area contributed by atoms with Gasteiger partial charge in [-0.3, -0.25) is 9.59 Å². The van der Waals surface area contributed by atoms with Crippen LogP contribution in [-0.2, 0) is 9.59 Å². The summed E-state index contributed by atoms with van der Waals surface area (Å²) in [6.07, 6.45) is 12.0. The minimum atomic E-state index is 0.00655. The smallest absolute Gasteiger partial charge is 0.223 e. The van der Waals surface area contributed by atoms with Crippen molar-refractivity contribution < 1.29 is 9.59 Å². The van der Waals surface area contributed by atoms with Crippen molar-refractivity contribution in [3.63, 3.8) is 0 Å². The molecule has 26 heavy (non-hydrogen) atoms. The van der Waals surface area contributed by atoms with Gasteiger partial charge in [0.25, 0.3) is 0 Å². The molecule has 2 fully saturated rings. The highest BCUT2D eigenvalue weighted by molar-refractivity contribution is 7.09. The molecule has 144 valence electrons. The van der Waals surface area contributed by atoms with Gasteiger partial charge in [-0.1, -0.05) is 19.3 Å². The largest absolute Gasteiger partial charge is 0.356 e. The molecule has 0 spiro atoms. The Kier molecular flexibility index (Phi) is 7.06. The van der Waals surface area contributed by atoms with E-state index in [1.165, 1.54) is 19.3 Å². The summed E-state index contributed by atoms with van der Waals surface area (Å²) < 4.78 is 0. The van der Waals surface area contributed by atoms with Crippen molar-refractivity contribution in [2.75, 3.05) is 6.54 Å². The lowest BCUT2D eigenvalue weighted by molar-refractivity contribution is -0.126. The molecule has 2 N–H and O–H groups in total. The molecule has 3 rings (SSSR count). The van der Waals surface area contributed by atoms with Gasteiger partial charge in [-0.05, 0) is 50.4 Å². The molecule has 1 atom stereocenters. The number of thiazole rings is 1. The number of amides is 2. The van der Waals surface area contributed by atoms with Crippen molar-refractivity contribution in [1.82, 2.24) is 15.6 Å². The Bertz CT molecular complexity index is 576. The lowest BCUT2D eigenvalue weighted by Gasteiger charge is -2.33. The summed E-state index contributed by atoms with van der Waals surface area (Å²) >= 11 is 1.61. The van der Waals surface area contributed by atoms with E-state index in [-0.39, 0.29) is 23.8 Å². The summed E-state index contributed by atoms with van der Waals surface area (Å²) in [4.78, 5) is 28.3. The van der Waals surface area contributed by atoms with E-state index >= 15 is 0 Å². The number of carbonyl (C=O) groups is 2. The van der Waals surface area contributed by atoms with Gasteiger partial charge < -0.3 is 10.6 Å². The lowest BCUT2D eigenvalue weighted by Crippen LogP contribution is -2.38. The van der Waals surface area contributed by atoms with Crippen LogP contribution in [-0.4, -0.2) is 23.3 Å². The van der Waals surface area contributed by atoms with Gasteiger partial charge in [0.15, 0.2) is 0 Å². The Morgan fingerprint density at radius 1 is 1.15 bits per heavy atom. The molecule has 0 saturated heterocycles. The number of rotatable bonds is 6. The number of aromatic nitrogens is 1. The molecule has 5 nitrogen and oxygen atoms in total. The van der Waals surface area contributed by atoms with Gasteiger partial charge in [-0.25, -0.2) is 4.98 Å². The SMILES string of the molecule is CC(=O)N[C@H](c1nccs1)C1CCC(CNC(=O)C2CCCCC2)CC1. The van der Waals surface area contributed by atoms with E-state index in [0.29, 0.717) is 11.8 Å². The van der Waals surface area contributed by atoms with Crippen molar-refractivity contribution in [2.24, 2.45) is 17.8 Å². The maximum atomic E-state index is 12.3. The van der Waals surface area contributed by atoms with Crippen LogP contribution in [0.15, 0.2) is 11.6 Å². The van der Waals surface area contributed by atoms with Crippen LogP contribution in [0.2, 0.25) is 0 Å². The minimum Gasteiger partial charge on any atom is -0.356 e. The van der Waals surface area contributed by atoms with Crippen molar-refractivity contribution in [3.8, 4) is 0 Å². The van der Waals surface area contributed by atoms with Crippen molar-refractivity contribution in [3.05, 3.63) is 16.6 Å². The zero-order valence-corrected chi connectivity index (χ0v) is 16.5. The first-order valence-electron chi connectivity index (χ1n) is 10.1. The Hall–Kier alpha value is -1.43. The third-order valence-electron chi connectivity index (χ3n) is 5.98. The molecule has 0 aromatic carbocycles. The summed E-state index contributed by atoms with van der Waals surface area (Å²) in [5.41, 5.74) is 0. The number of nitrogens with zero attached hydrogens (tertiary/aromatic N) is 1. The fourth-order valence-electron chi connectivity index (χ4n) is 4.47. The summed E-state index contributed by atoms with van der Waals surface area (Å²) in [6, 6.07) is 0.0327. The van der Waals surface area contributed by atoms with E-state index in [4.69, 9.17) is 0 Å². The molecule has 2 aliphatic carbocycles. The normalized spacial score (nSPS) is 25.4. The number of hydrogen-bond acceptors (Lipinski definition) is 4. The highest BCUT2D eigenvalue weighted by Gasteiger charge is 2.31. The average Bonchev–Trinajstić information content (AvgIpc) is 3.20. The fourth-order valence-corrected chi connectivity index (χ4v) is 5.25. The molecule has 2 aliphatic rings. The molecule has 6 heteroatoms. The molecule has 2 saturated carbocycles. The molecule has 1 aromatic heterocycles. The average molecular weight is 378 g/mol. The van der Waals surface area contributed by atoms with Crippen molar-refractivity contribution in [1.29, 1.82) is 0 Å². The topological polar surface area (TPSA) is 71.1 Å². The zero-order chi connectivity index (χ0) is 18.4. The predicted molar refractivity (Wildman–Crippen MR) is 104 cm³/mol. The molecule has 0 bridgehead atoms. The standard InChI is InChI=1S/C20H31N3O2S/c1-14(24)23-18(20-21-11-12-26-20)16-9-7-15(8-10-16)13-22-19(25)17-5-3-2-4-6-17/h11-12,15-18H,2-10,13H2,1H3,(H,22,25)(H,23,24)/t15?,16?,18-/m0/s1. The molecular formula is C20H31N3O2S. The molecule has 1 heterocycles. The van der Waals surface area contributed by atoms with Crippen LogP contribution >= 0.6 is 11.3 Å². The molecule has 1 aromatic rings. The van der Waals surface area contributed by atoms with E-state index in [0.717, 1.165) is 50.1 Å². The van der Waals surface area contributed by atoms with Gasteiger partial charge in [0, 0.05) is 31.0 Å². The second-order valence-electron chi connectivity index (χ2n) is 7.91. The van der Waals surface area contributed by atoms with Crippen molar-refractivity contribution in [2.45, 2.75) is 70.8 Å². The second kappa shape index (κ2) is 9.49. The molecular weight excluding hydrogens is 346 g/mol. The molecule has 0 radical (unpaired) electrons. The number of nitrogens with one attached hydrogen (secondary N) is 2. The maximum absolute atomic E-state index is 12.3. The van der Waals surface area contributed by atoms with Crippen LogP contribution in [0.3, 0.4) is 0 Å². The summed E-state index contributed by atoms with van der Waals surface area (Å²) in [5.74, 6) is 1.52. The van der Waals surface area contributed by atoms with Crippen LogP contribution in [0.4, 0.5) is 0 Å². The highest BCUT2D eigenvalue weighted by atomic mass is 32.1. The summed E-state index contributed by atoms with van der Waals surface area (Å²) in [5, 5.41) is 9.28. The highest BCUT2D eigenvalue weighted by Crippen LogP contribution is 2.37. The van der Waals surface area contributed by atoms with Gasteiger partial charge >= 0.3 is 0 Å². The van der Waals surface area contributed by atoms with Crippen LogP contribution < -0.4 is 10.6 Å². The quantitative estimate of drug-likeness (QED) is 0.791. The van der Waals surface area contributed by atoms with Crippen LogP contribution in [0.5, 0.6) is 0 Å². The molecule has 0 aliphatic heterocycles. The number of hydrogen-bond donors (Lipinski definition) is 2. The summed E-state index contributed by atoms with van der Waals surface area (Å²) in [7, 11) is 0. The Labute approximate surface area is 160 Å². The van der Waals surface area contributed by atoms with E-state index in [2.05, 4.69) is 15.6 Å². The number of carbonyl (C=O) groups excluding carboxylic acids is 2. The van der Waals surface area contributed by atoms with Gasteiger partial charge in [0.2, 0.25) is 11.8 Å². The van der Waals surface area contributed by atoms with Crippen LogP contribution in [0.25, 0.3) is 0 Å². The summed E-state index contributed by atoms with van der Waals surface area (Å²) in [6.45, 7) is 2.39. The third kappa shape index (κ3) is 5.29. The van der Waals surface area contributed by atoms with Gasteiger partial charge in [-0.2, -0.15) is 0 Å². The monoisotopic (exact) mass is 377 g/mol. The Morgan fingerprint density at radius 3 is 2.50 bits per heavy atom. The van der Waals surface area contributed by atoms with Crippen molar-refractivity contribution >= 4 is 23.2 Å². The third-order valence-corrected chi connectivity index (χ3v) is 6.84. The second-order valence-corrected chi connectivity index (χ2v) is 8.84. The molecule has 0 unspecified atom stereocenters. The first-order valence-corrected chi connectivity index (χ1v) is 11.0. The Balaban J connectivity index is 1.45. The van der Waals surface area contributed by atoms with Crippen LogP contribution in [0.1, 0.15) is 75.8 Å². The van der Waals surface area contributed by atoms with E-state index < -0.39 is 0 Å². The van der Waals surface area contributed by atoms with E-state index in [9.17, 15) is 9.59 Å². The minimum absolute atomic E-state index is 0.00655. The lowest BCUT2D eigenvalue weighted by atomic mass is 9.78. The predicted octanol–water partition coefficient (Wildman–Crippen LogP) is 3.82. The van der Waals surface area contributed by atoms with Gasteiger partial charge in [0.1, 0.15) is 5.01 Å². The Morgan fingerprint density at radius 2 is 1.88 bits per heavy atom. The maximum Gasteiger partial charge on any atom is 0.223 e. The van der Waals surface area contributed by atoms with Gasteiger partial charge in [0.05, 0.1) is 6.04 Å². The van der Waals surface area contributed by atoms with Gasteiger partial charge in [-0.15, -0.1) is 11.3 Å².